The van der Waals surface area contributed by atoms with E-state index in [1.165, 1.54) is 13.3 Å². The van der Waals surface area contributed by atoms with Gasteiger partial charge in [-0.25, -0.2) is 0 Å². The molecule has 0 bridgehead atoms. The number of aliphatic hydroxyl groups excluding tert-OH is 1. The van der Waals surface area contributed by atoms with Gasteiger partial charge in [0.2, 0.25) is 5.78 Å². The van der Waals surface area contributed by atoms with Crippen molar-refractivity contribution in [3.8, 4) is 11.5 Å². The molecule has 1 atom stereocenters. The number of Topliss-reactive ketones (excluding diaryl/α,β-unsaturated/α-hetero) is 1. The van der Waals surface area contributed by atoms with E-state index >= 15 is 0 Å². The van der Waals surface area contributed by atoms with E-state index in [0.717, 1.165) is 17.6 Å². The van der Waals surface area contributed by atoms with Gasteiger partial charge in [-0.05, 0) is 37.8 Å². The third kappa shape index (κ3) is 10.8. The van der Waals surface area contributed by atoms with Crippen molar-refractivity contribution in [2.45, 2.75) is 54.9 Å². The standard InChI is InChI=1S/C28H42N4O4.C2H6/c1-9-10-11-12-21(4)13-14-32(30-6)17-22(5)23-15-24(27(36-8)16-26(23)35-7)31(19-29)18-25(33)28(34)20(2)3;1-2/h9-12,15-18,20-21,33H,6,13-14,19,29H2,1-5,7-8H3;1-2H3/b10-9-,12-11-,22-17+,25-18+;. The third-order valence-corrected chi connectivity index (χ3v) is 5.57. The number of carbonyl (C=O) groups excluding carboxylic acids is 1. The van der Waals surface area contributed by atoms with Crippen LogP contribution in [0.5, 0.6) is 11.5 Å². The van der Waals surface area contributed by atoms with Gasteiger partial charge in [0, 0.05) is 37.0 Å². The van der Waals surface area contributed by atoms with E-state index in [2.05, 4.69) is 24.8 Å². The molecule has 0 fully saturated rings. The van der Waals surface area contributed by atoms with Crippen LogP contribution in [-0.2, 0) is 4.79 Å². The van der Waals surface area contributed by atoms with Crippen LogP contribution >= 0.6 is 0 Å². The lowest BCUT2D eigenvalue weighted by Crippen LogP contribution is -2.27. The molecule has 0 heterocycles. The fourth-order valence-corrected chi connectivity index (χ4v) is 3.41. The van der Waals surface area contributed by atoms with E-state index in [4.69, 9.17) is 15.2 Å². The van der Waals surface area contributed by atoms with Gasteiger partial charge in [-0.3, -0.25) is 9.80 Å². The number of methoxy groups -OCH3 is 2. The molecule has 3 N–H and O–H groups in total. The smallest absolute Gasteiger partial charge is 0.201 e. The lowest BCUT2D eigenvalue weighted by molar-refractivity contribution is -0.120. The van der Waals surface area contributed by atoms with Gasteiger partial charge in [0.15, 0.2) is 5.76 Å². The summed E-state index contributed by atoms with van der Waals surface area (Å²) in [5.74, 6) is 0.363. The van der Waals surface area contributed by atoms with Crippen molar-refractivity contribution < 1.29 is 19.4 Å². The molecular weight excluding hydrogens is 480 g/mol. The Morgan fingerprint density at radius 1 is 1.13 bits per heavy atom. The van der Waals surface area contributed by atoms with Crippen LogP contribution in [0.3, 0.4) is 0 Å². The summed E-state index contributed by atoms with van der Waals surface area (Å²) in [4.78, 5) is 13.8. The van der Waals surface area contributed by atoms with E-state index in [-0.39, 0.29) is 24.1 Å². The molecule has 0 radical (unpaired) electrons. The van der Waals surface area contributed by atoms with Crippen LogP contribution in [0.1, 0.15) is 60.5 Å². The monoisotopic (exact) mass is 528 g/mol. The average molecular weight is 529 g/mol. The summed E-state index contributed by atoms with van der Waals surface area (Å²) < 4.78 is 11.2. The maximum Gasteiger partial charge on any atom is 0.201 e. The molecule has 0 saturated heterocycles. The number of nitrogens with zero attached hydrogens (tertiary/aromatic N) is 3. The summed E-state index contributed by atoms with van der Waals surface area (Å²) >= 11 is 0. The summed E-state index contributed by atoms with van der Waals surface area (Å²) in [5, 5.41) is 16.3. The zero-order chi connectivity index (χ0) is 29.3. The summed E-state index contributed by atoms with van der Waals surface area (Å²) in [6.07, 6.45) is 12.3. The van der Waals surface area contributed by atoms with Gasteiger partial charge < -0.3 is 25.2 Å². The van der Waals surface area contributed by atoms with Gasteiger partial charge in [0.1, 0.15) is 11.5 Å². The number of benzene rings is 1. The van der Waals surface area contributed by atoms with Crippen LogP contribution in [0.2, 0.25) is 0 Å². The first-order valence-corrected chi connectivity index (χ1v) is 13.0. The summed E-state index contributed by atoms with van der Waals surface area (Å²) in [6.45, 7) is 18.0. The SMILES string of the molecule is C=NN(/C=C(\C)c1cc(N(/C=C(/O)C(=O)C(C)C)CN)c(OC)cc1OC)CCC(C)/C=C\C=C/C.CC. The first kappa shape index (κ1) is 34.5. The summed E-state index contributed by atoms with van der Waals surface area (Å²) in [6, 6.07) is 3.60. The molecule has 0 aromatic heterocycles. The maximum absolute atomic E-state index is 12.2. The fourth-order valence-electron chi connectivity index (χ4n) is 3.41. The fraction of sp³-hybridized carbons (Fsp3) is 0.467. The van der Waals surface area contributed by atoms with E-state index in [1.807, 2.05) is 58.2 Å². The largest absolute Gasteiger partial charge is 0.503 e. The molecule has 0 aliphatic rings. The quantitative estimate of drug-likeness (QED) is 0.0668. The third-order valence-electron chi connectivity index (χ3n) is 5.57. The molecule has 38 heavy (non-hydrogen) atoms. The highest BCUT2D eigenvalue weighted by molar-refractivity contribution is 5.94. The van der Waals surface area contributed by atoms with Crippen molar-refractivity contribution in [3.05, 3.63) is 60.2 Å². The van der Waals surface area contributed by atoms with Gasteiger partial charge in [-0.2, -0.15) is 5.10 Å². The van der Waals surface area contributed by atoms with Crippen LogP contribution in [0, 0.1) is 11.8 Å². The van der Waals surface area contributed by atoms with Crippen LogP contribution < -0.4 is 20.1 Å². The lowest BCUT2D eigenvalue weighted by atomic mass is 10.0. The number of ether oxygens (including phenoxy) is 2. The van der Waals surface area contributed by atoms with Crippen molar-refractivity contribution in [3.63, 3.8) is 0 Å². The highest BCUT2D eigenvalue weighted by atomic mass is 16.5. The second-order valence-electron chi connectivity index (χ2n) is 8.70. The van der Waals surface area contributed by atoms with Gasteiger partial charge in [0.25, 0.3) is 0 Å². The molecule has 1 aromatic rings. The number of hydrogen-bond acceptors (Lipinski definition) is 8. The number of hydrogen-bond donors (Lipinski definition) is 2. The Hall–Kier alpha value is -3.52. The minimum atomic E-state index is -0.375. The summed E-state index contributed by atoms with van der Waals surface area (Å²) in [7, 11) is 3.12. The van der Waals surface area contributed by atoms with E-state index < -0.39 is 0 Å². The first-order valence-electron chi connectivity index (χ1n) is 13.0. The molecule has 1 rings (SSSR count). The summed E-state index contributed by atoms with van der Waals surface area (Å²) in [5.41, 5.74) is 8.22. The van der Waals surface area contributed by atoms with Gasteiger partial charge in [-0.1, -0.05) is 58.9 Å². The Balaban J connectivity index is 0.00000667. The molecule has 0 amide bonds. The van der Waals surface area contributed by atoms with Crippen molar-refractivity contribution in [1.29, 1.82) is 0 Å². The minimum Gasteiger partial charge on any atom is -0.503 e. The normalized spacial score (nSPS) is 12.8. The van der Waals surface area contributed by atoms with E-state index in [9.17, 15) is 9.90 Å². The number of hydrazone groups is 1. The Bertz CT molecular complexity index is 996. The van der Waals surface area contributed by atoms with Crippen LogP contribution in [0.4, 0.5) is 5.69 Å². The number of ketones is 1. The molecule has 1 aromatic carbocycles. The number of rotatable bonds is 15. The molecular formula is C30H48N4O4. The number of nitrogens with two attached hydrogens (primary N) is 1. The van der Waals surface area contributed by atoms with Crippen molar-refractivity contribution >= 4 is 23.8 Å². The molecule has 0 spiro atoms. The molecule has 0 aliphatic carbocycles. The van der Waals surface area contributed by atoms with Crippen molar-refractivity contribution in [2.75, 3.05) is 32.3 Å². The topological polar surface area (TPSA) is 101 Å². The molecule has 0 aliphatic heterocycles. The molecule has 8 heteroatoms. The molecule has 0 saturated carbocycles. The van der Waals surface area contributed by atoms with Gasteiger partial charge in [-0.15, -0.1) is 0 Å². The maximum atomic E-state index is 12.2. The Morgan fingerprint density at radius 2 is 1.76 bits per heavy atom. The van der Waals surface area contributed by atoms with Crippen LogP contribution in [-0.4, -0.2) is 50.0 Å². The van der Waals surface area contributed by atoms with Crippen LogP contribution in [0.25, 0.3) is 5.57 Å². The molecule has 1 unspecified atom stereocenters. The number of allylic oxidation sites excluding steroid dienone is 6. The van der Waals surface area contributed by atoms with Crippen molar-refractivity contribution in [1.82, 2.24) is 5.01 Å². The first-order chi connectivity index (χ1) is 18.1. The molecule has 8 nitrogen and oxygen atoms in total. The number of carbonyl (C=O) groups is 1. The Labute approximate surface area is 229 Å². The van der Waals surface area contributed by atoms with E-state index in [1.54, 1.807) is 36.9 Å². The zero-order valence-electron chi connectivity index (χ0n) is 24.7. The second kappa shape index (κ2) is 18.7. The van der Waals surface area contributed by atoms with Gasteiger partial charge >= 0.3 is 0 Å². The zero-order valence-corrected chi connectivity index (χ0v) is 24.7. The predicted octanol–water partition coefficient (Wildman–Crippen LogP) is 6.51. The number of anilines is 1. The van der Waals surface area contributed by atoms with Crippen LogP contribution in [0.15, 0.2) is 59.7 Å². The predicted molar refractivity (Wildman–Crippen MR) is 161 cm³/mol. The van der Waals surface area contributed by atoms with Gasteiger partial charge in [0.05, 0.1) is 32.8 Å². The highest BCUT2D eigenvalue weighted by Gasteiger charge is 2.19. The minimum absolute atomic E-state index is 0.0132. The van der Waals surface area contributed by atoms with E-state index in [0.29, 0.717) is 29.6 Å². The van der Waals surface area contributed by atoms with Crippen molar-refractivity contribution in [2.24, 2.45) is 22.7 Å². The average Bonchev–Trinajstić information content (AvgIpc) is 2.93. The Morgan fingerprint density at radius 3 is 2.26 bits per heavy atom. The second-order valence-corrected chi connectivity index (χ2v) is 8.70. The number of aliphatic hydroxyl groups is 1. The highest BCUT2D eigenvalue weighted by Crippen LogP contribution is 2.38. The lowest BCUT2D eigenvalue weighted by Gasteiger charge is -2.24. The molecule has 212 valence electrons. The Kier molecular flexibility index (Phi) is 17.0.